The molecule has 5 nitrogen and oxygen atoms in total. The molecule has 5 heteroatoms. The van der Waals surface area contributed by atoms with Crippen molar-refractivity contribution in [1.82, 2.24) is 5.32 Å². The molecule has 0 spiro atoms. The third-order valence-corrected chi connectivity index (χ3v) is 3.31. The number of hydrogen-bond acceptors (Lipinski definition) is 3. The average molecular weight is 244 g/mol. The molecular weight excluding hydrogens is 220 g/mol. The van der Waals surface area contributed by atoms with E-state index in [1.54, 1.807) is 34.6 Å². The molecule has 0 aliphatic carbocycles. The first-order valence-electron chi connectivity index (χ1n) is 5.77. The van der Waals surface area contributed by atoms with Gasteiger partial charge in [-0.05, 0) is 33.6 Å². The van der Waals surface area contributed by atoms with Crippen molar-refractivity contribution in [3.05, 3.63) is 0 Å². The quantitative estimate of drug-likeness (QED) is 0.649. The maximum absolute atomic E-state index is 12.0. The Labute approximate surface area is 103 Å². The first-order chi connectivity index (χ1) is 7.48. The maximum Gasteiger partial charge on any atom is 0.303 e. The standard InChI is InChI=1S/C12H24N2O3/c1-8(6-9(15)16)7-14-10(17)11(2,3)12(4,5)13/h8H,6-7,13H2,1-5H3,(H,14,17)(H,15,16). The average Bonchev–Trinajstić information content (AvgIpc) is 2.10. The van der Waals surface area contributed by atoms with Crippen molar-refractivity contribution >= 4 is 11.9 Å². The van der Waals surface area contributed by atoms with Crippen LogP contribution in [0.15, 0.2) is 0 Å². The summed E-state index contributed by atoms with van der Waals surface area (Å²) in [4.78, 5) is 22.4. The molecule has 0 bridgehead atoms. The molecule has 0 aromatic rings. The summed E-state index contributed by atoms with van der Waals surface area (Å²) in [6.07, 6.45) is 0.0483. The zero-order valence-electron chi connectivity index (χ0n) is 11.3. The molecule has 0 saturated carbocycles. The summed E-state index contributed by atoms with van der Waals surface area (Å²) in [5.74, 6) is -1.10. The van der Waals surface area contributed by atoms with Crippen molar-refractivity contribution in [1.29, 1.82) is 0 Å². The molecular formula is C12H24N2O3. The molecule has 0 rings (SSSR count). The van der Waals surface area contributed by atoms with Crippen molar-refractivity contribution in [2.45, 2.75) is 46.6 Å². The van der Waals surface area contributed by atoms with Gasteiger partial charge in [0.05, 0.1) is 5.41 Å². The number of aliphatic carboxylic acids is 1. The Morgan fingerprint density at radius 2 is 1.76 bits per heavy atom. The van der Waals surface area contributed by atoms with Crippen LogP contribution < -0.4 is 11.1 Å². The Morgan fingerprint density at radius 1 is 1.29 bits per heavy atom. The van der Waals surface area contributed by atoms with E-state index in [-0.39, 0.29) is 18.2 Å². The summed E-state index contributed by atoms with van der Waals surface area (Å²) in [6, 6.07) is 0. The van der Waals surface area contributed by atoms with E-state index in [0.717, 1.165) is 0 Å². The lowest BCUT2D eigenvalue weighted by Crippen LogP contribution is -2.56. The summed E-state index contributed by atoms with van der Waals surface area (Å²) in [5, 5.41) is 11.4. The highest BCUT2D eigenvalue weighted by atomic mass is 16.4. The number of carboxylic acids is 1. The number of rotatable bonds is 6. The van der Waals surface area contributed by atoms with E-state index in [9.17, 15) is 9.59 Å². The molecule has 0 heterocycles. The van der Waals surface area contributed by atoms with Crippen LogP contribution in [-0.2, 0) is 9.59 Å². The topological polar surface area (TPSA) is 92.4 Å². The molecule has 0 radical (unpaired) electrons. The van der Waals surface area contributed by atoms with Gasteiger partial charge in [-0.15, -0.1) is 0 Å². The lowest BCUT2D eigenvalue weighted by atomic mass is 9.74. The number of nitrogens with two attached hydrogens (primary N) is 1. The van der Waals surface area contributed by atoms with Crippen LogP contribution in [0.3, 0.4) is 0 Å². The van der Waals surface area contributed by atoms with Crippen LogP contribution in [-0.4, -0.2) is 29.1 Å². The van der Waals surface area contributed by atoms with Gasteiger partial charge in [0.25, 0.3) is 0 Å². The lowest BCUT2D eigenvalue weighted by molar-refractivity contribution is -0.138. The van der Waals surface area contributed by atoms with Crippen LogP contribution in [0.25, 0.3) is 0 Å². The maximum atomic E-state index is 12.0. The van der Waals surface area contributed by atoms with Gasteiger partial charge in [-0.3, -0.25) is 9.59 Å². The molecule has 0 aliphatic rings. The van der Waals surface area contributed by atoms with Gasteiger partial charge in [0, 0.05) is 18.5 Å². The fourth-order valence-electron chi connectivity index (χ4n) is 1.15. The van der Waals surface area contributed by atoms with Crippen LogP contribution >= 0.6 is 0 Å². The largest absolute Gasteiger partial charge is 0.481 e. The Balaban J connectivity index is 4.33. The van der Waals surface area contributed by atoms with Crippen LogP contribution in [0.5, 0.6) is 0 Å². The molecule has 0 aliphatic heterocycles. The monoisotopic (exact) mass is 244 g/mol. The molecule has 0 aromatic carbocycles. The van der Waals surface area contributed by atoms with Gasteiger partial charge in [-0.2, -0.15) is 0 Å². The summed E-state index contributed by atoms with van der Waals surface area (Å²) < 4.78 is 0. The van der Waals surface area contributed by atoms with Gasteiger partial charge in [-0.1, -0.05) is 6.92 Å². The van der Waals surface area contributed by atoms with Crippen molar-refractivity contribution in [2.75, 3.05) is 6.54 Å². The van der Waals surface area contributed by atoms with Crippen molar-refractivity contribution < 1.29 is 14.7 Å². The van der Waals surface area contributed by atoms with E-state index in [1.807, 2.05) is 0 Å². The SMILES string of the molecule is CC(CNC(=O)C(C)(C)C(C)(C)N)CC(=O)O. The fourth-order valence-corrected chi connectivity index (χ4v) is 1.15. The second kappa shape index (κ2) is 5.49. The summed E-state index contributed by atoms with van der Waals surface area (Å²) in [5.41, 5.74) is 4.62. The molecule has 0 aromatic heterocycles. The van der Waals surface area contributed by atoms with E-state index >= 15 is 0 Å². The zero-order valence-corrected chi connectivity index (χ0v) is 11.3. The minimum Gasteiger partial charge on any atom is -0.481 e. The Hall–Kier alpha value is -1.10. The molecule has 1 atom stereocenters. The van der Waals surface area contributed by atoms with E-state index in [1.165, 1.54) is 0 Å². The van der Waals surface area contributed by atoms with Gasteiger partial charge in [-0.25, -0.2) is 0 Å². The lowest BCUT2D eigenvalue weighted by Gasteiger charge is -2.37. The van der Waals surface area contributed by atoms with Crippen LogP contribution in [0.1, 0.15) is 41.0 Å². The molecule has 0 saturated heterocycles. The smallest absolute Gasteiger partial charge is 0.303 e. The van der Waals surface area contributed by atoms with E-state index in [0.29, 0.717) is 6.54 Å². The number of amides is 1. The highest BCUT2D eigenvalue weighted by Crippen LogP contribution is 2.28. The Bertz CT molecular complexity index is 293. The first-order valence-corrected chi connectivity index (χ1v) is 5.77. The minimum atomic E-state index is -0.856. The number of nitrogens with one attached hydrogen (secondary N) is 1. The van der Waals surface area contributed by atoms with Gasteiger partial charge in [0.15, 0.2) is 0 Å². The van der Waals surface area contributed by atoms with E-state index < -0.39 is 16.9 Å². The first kappa shape index (κ1) is 15.9. The van der Waals surface area contributed by atoms with E-state index in [4.69, 9.17) is 10.8 Å². The second-order valence-electron chi connectivity index (χ2n) is 5.76. The van der Waals surface area contributed by atoms with Crippen molar-refractivity contribution in [3.63, 3.8) is 0 Å². The van der Waals surface area contributed by atoms with Gasteiger partial charge >= 0.3 is 5.97 Å². The normalized spacial score (nSPS) is 14.2. The van der Waals surface area contributed by atoms with Crippen molar-refractivity contribution in [3.8, 4) is 0 Å². The van der Waals surface area contributed by atoms with Crippen molar-refractivity contribution in [2.24, 2.45) is 17.1 Å². The van der Waals surface area contributed by atoms with Gasteiger partial charge in [0.1, 0.15) is 0 Å². The molecule has 1 unspecified atom stereocenters. The summed E-state index contributed by atoms with van der Waals surface area (Å²) >= 11 is 0. The summed E-state index contributed by atoms with van der Waals surface area (Å²) in [7, 11) is 0. The fraction of sp³-hybridized carbons (Fsp3) is 0.833. The second-order valence-corrected chi connectivity index (χ2v) is 5.76. The number of carboxylic acid groups (broad SMARTS) is 1. The Kier molecular flexibility index (Phi) is 5.13. The number of carbonyl (C=O) groups excluding carboxylic acids is 1. The Morgan fingerprint density at radius 3 is 2.12 bits per heavy atom. The molecule has 100 valence electrons. The van der Waals surface area contributed by atoms with Gasteiger partial charge in [0.2, 0.25) is 5.91 Å². The third-order valence-electron chi connectivity index (χ3n) is 3.31. The van der Waals surface area contributed by atoms with E-state index in [2.05, 4.69) is 5.32 Å². The molecule has 17 heavy (non-hydrogen) atoms. The summed E-state index contributed by atoms with van der Waals surface area (Å²) in [6.45, 7) is 9.30. The molecule has 0 fully saturated rings. The number of carbonyl (C=O) groups is 2. The predicted octanol–water partition coefficient (Wildman–Crippen LogP) is 0.977. The van der Waals surface area contributed by atoms with Crippen LogP contribution in [0, 0.1) is 11.3 Å². The van der Waals surface area contributed by atoms with Crippen LogP contribution in [0.2, 0.25) is 0 Å². The minimum absolute atomic E-state index is 0.0483. The number of hydrogen-bond donors (Lipinski definition) is 3. The van der Waals surface area contributed by atoms with Crippen LogP contribution in [0.4, 0.5) is 0 Å². The highest BCUT2D eigenvalue weighted by Gasteiger charge is 2.40. The molecule has 1 amide bonds. The van der Waals surface area contributed by atoms with Gasteiger partial charge < -0.3 is 16.2 Å². The molecule has 4 N–H and O–H groups in total. The third kappa shape index (κ3) is 4.73. The highest BCUT2D eigenvalue weighted by molar-refractivity contribution is 5.83. The zero-order chi connectivity index (χ0) is 13.9. The predicted molar refractivity (Wildman–Crippen MR) is 66.5 cm³/mol.